The first-order valence-electron chi connectivity index (χ1n) is 4.44. The topological polar surface area (TPSA) is 34.0 Å². The molecule has 0 spiro atoms. The Hall–Kier alpha value is -0.900. The van der Waals surface area contributed by atoms with Gasteiger partial charge >= 0.3 is 0 Å². The number of hydrogen-bond donors (Lipinski definition) is 0. The Bertz CT molecular complexity index is 268. The molecule has 4 heteroatoms. The fraction of sp³-hybridized carbons (Fsp3) is 0.750. The lowest BCUT2D eigenvalue weighted by Crippen LogP contribution is -2.36. The van der Waals surface area contributed by atoms with Crippen LogP contribution < -0.4 is 0 Å². The van der Waals surface area contributed by atoms with E-state index in [4.69, 9.17) is 0 Å². The molecule has 0 saturated heterocycles. The first-order chi connectivity index (χ1) is 5.83. The van der Waals surface area contributed by atoms with Crippen molar-refractivity contribution in [3.05, 3.63) is 12.2 Å². The summed E-state index contributed by atoms with van der Waals surface area (Å²) in [5.74, 6) is 1.10. The molecule has 66 valence electrons. The van der Waals surface area contributed by atoms with Crippen LogP contribution in [-0.2, 0) is 6.54 Å². The van der Waals surface area contributed by atoms with E-state index in [-0.39, 0.29) is 0 Å². The molecule has 0 N–H and O–H groups in total. The molecule has 2 heterocycles. The summed E-state index contributed by atoms with van der Waals surface area (Å²) in [5.41, 5.74) is 0. The molecule has 0 bridgehead atoms. The van der Waals surface area contributed by atoms with Gasteiger partial charge in [0.05, 0.1) is 6.04 Å². The van der Waals surface area contributed by atoms with Crippen LogP contribution in [0.2, 0.25) is 0 Å². The summed E-state index contributed by atoms with van der Waals surface area (Å²) in [6.45, 7) is 7.60. The van der Waals surface area contributed by atoms with Gasteiger partial charge in [-0.3, -0.25) is 4.90 Å². The van der Waals surface area contributed by atoms with Crippen molar-refractivity contribution in [2.75, 3.05) is 13.1 Å². The van der Waals surface area contributed by atoms with Gasteiger partial charge in [0.15, 0.2) is 0 Å². The van der Waals surface area contributed by atoms with Gasteiger partial charge in [-0.05, 0) is 13.5 Å². The van der Waals surface area contributed by atoms with E-state index in [1.165, 1.54) is 0 Å². The number of nitrogens with zero attached hydrogens (tertiary/aromatic N) is 4. The largest absolute Gasteiger partial charge is 0.315 e. The van der Waals surface area contributed by atoms with E-state index in [2.05, 4.69) is 33.5 Å². The molecule has 1 unspecified atom stereocenters. The second-order valence-electron chi connectivity index (χ2n) is 3.19. The van der Waals surface area contributed by atoms with Crippen molar-refractivity contribution < 1.29 is 0 Å². The third-order valence-electron chi connectivity index (χ3n) is 2.60. The van der Waals surface area contributed by atoms with E-state index < -0.39 is 0 Å². The van der Waals surface area contributed by atoms with Gasteiger partial charge in [0.2, 0.25) is 0 Å². The van der Waals surface area contributed by atoms with E-state index in [9.17, 15) is 0 Å². The van der Waals surface area contributed by atoms with Crippen LogP contribution in [0, 0.1) is 0 Å². The minimum absolute atomic E-state index is 0.422. The van der Waals surface area contributed by atoms with Gasteiger partial charge in [0.25, 0.3) is 0 Å². The van der Waals surface area contributed by atoms with Crippen LogP contribution in [0.15, 0.2) is 6.33 Å². The van der Waals surface area contributed by atoms with Gasteiger partial charge in [0, 0.05) is 13.1 Å². The smallest absolute Gasteiger partial charge is 0.149 e. The third-order valence-corrected chi connectivity index (χ3v) is 2.60. The average molecular weight is 166 g/mol. The molecule has 0 amide bonds. The van der Waals surface area contributed by atoms with Gasteiger partial charge in [-0.15, -0.1) is 10.2 Å². The zero-order chi connectivity index (χ0) is 8.55. The fourth-order valence-electron chi connectivity index (χ4n) is 1.78. The van der Waals surface area contributed by atoms with E-state index >= 15 is 0 Å². The molecule has 2 rings (SSSR count). The molecule has 4 nitrogen and oxygen atoms in total. The Balaban J connectivity index is 2.29. The molecule has 0 aromatic carbocycles. The normalized spacial score (nSPS) is 24.0. The molecule has 0 aliphatic carbocycles. The summed E-state index contributed by atoms with van der Waals surface area (Å²) >= 11 is 0. The second-order valence-corrected chi connectivity index (χ2v) is 3.19. The number of rotatable bonds is 1. The van der Waals surface area contributed by atoms with Crippen LogP contribution in [0.3, 0.4) is 0 Å². The summed E-state index contributed by atoms with van der Waals surface area (Å²) in [5, 5.41) is 8.02. The highest BCUT2D eigenvalue weighted by Crippen LogP contribution is 2.21. The zero-order valence-electron chi connectivity index (χ0n) is 7.56. The summed E-state index contributed by atoms with van der Waals surface area (Å²) in [4.78, 5) is 2.41. The summed E-state index contributed by atoms with van der Waals surface area (Å²) < 4.78 is 2.14. The van der Waals surface area contributed by atoms with E-state index in [1.807, 2.05) is 6.33 Å². The minimum Gasteiger partial charge on any atom is -0.315 e. The van der Waals surface area contributed by atoms with Crippen LogP contribution >= 0.6 is 0 Å². The first kappa shape index (κ1) is 7.73. The Morgan fingerprint density at radius 1 is 1.58 bits per heavy atom. The van der Waals surface area contributed by atoms with Gasteiger partial charge in [0.1, 0.15) is 12.2 Å². The lowest BCUT2D eigenvalue weighted by Gasteiger charge is -2.31. The van der Waals surface area contributed by atoms with Gasteiger partial charge in [-0.1, -0.05) is 6.92 Å². The predicted molar refractivity (Wildman–Crippen MR) is 45.7 cm³/mol. The molecule has 0 radical (unpaired) electrons. The number of fused-ring (bicyclic) bond motifs is 1. The van der Waals surface area contributed by atoms with Crippen LogP contribution in [0.1, 0.15) is 25.7 Å². The standard InChI is InChI=1S/C8H14N4/c1-3-11-4-5-12-6-9-10-8(12)7(11)2/h6-7H,3-5H2,1-2H3. The molecule has 1 aliphatic heterocycles. The molecular formula is C8H14N4. The number of hydrogen-bond acceptors (Lipinski definition) is 3. The van der Waals surface area contributed by atoms with Gasteiger partial charge < -0.3 is 4.57 Å². The van der Waals surface area contributed by atoms with Crippen molar-refractivity contribution in [3.63, 3.8) is 0 Å². The lowest BCUT2D eigenvalue weighted by atomic mass is 10.2. The van der Waals surface area contributed by atoms with Crippen LogP contribution in [0.4, 0.5) is 0 Å². The quantitative estimate of drug-likeness (QED) is 0.615. The minimum atomic E-state index is 0.422. The Labute approximate surface area is 72.2 Å². The van der Waals surface area contributed by atoms with E-state index in [0.717, 1.165) is 25.5 Å². The first-order valence-corrected chi connectivity index (χ1v) is 4.44. The lowest BCUT2D eigenvalue weighted by molar-refractivity contribution is 0.174. The Morgan fingerprint density at radius 2 is 2.42 bits per heavy atom. The fourth-order valence-corrected chi connectivity index (χ4v) is 1.78. The van der Waals surface area contributed by atoms with Crippen LogP contribution in [-0.4, -0.2) is 32.8 Å². The van der Waals surface area contributed by atoms with Crippen LogP contribution in [0.25, 0.3) is 0 Å². The monoisotopic (exact) mass is 166 g/mol. The highest BCUT2D eigenvalue weighted by atomic mass is 15.3. The number of aromatic nitrogens is 3. The predicted octanol–water partition coefficient (Wildman–Crippen LogP) is 0.675. The summed E-state index contributed by atoms with van der Waals surface area (Å²) in [6, 6.07) is 0.422. The second kappa shape index (κ2) is 2.86. The molecule has 1 atom stereocenters. The highest BCUT2D eigenvalue weighted by molar-refractivity contribution is 4.97. The maximum atomic E-state index is 4.11. The molecule has 0 fully saturated rings. The van der Waals surface area contributed by atoms with Crippen molar-refractivity contribution >= 4 is 0 Å². The Kier molecular flexibility index (Phi) is 1.84. The maximum Gasteiger partial charge on any atom is 0.149 e. The Morgan fingerprint density at radius 3 is 3.17 bits per heavy atom. The SMILES string of the molecule is CCN1CCn2cnnc2C1C. The van der Waals surface area contributed by atoms with Crippen molar-refractivity contribution in [3.8, 4) is 0 Å². The van der Waals surface area contributed by atoms with Crippen molar-refractivity contribution in [1.82, 2.24) is 19.7 Å². The third kappa shape index (κ3) is 1.03. The van der Waals surface area contributed by atoms with Crippen molar-refractivity contribution in [1.29, 1.82) is 0 Å². The van der Waals surface area contributed by atoms with E-state index in [0.29, 0.717) is 6.04 Å². The molecule has 1 aromatic rings. The van der Waals surface area contributed by atoms with E-state index in [1.54, 1.807) is 0 Å². The van der Waals surface area contributed by atoms with Crippen LogP contribution in [0.5, 0.6) is 0 Å². The van der Waals surface area contributed by atoms with Gasteiger partial charge in [-0.2, -0.15) is 0 Å². The molecule has 1 aliphatic rings. The zero-order valence-corrected chi connectivity index (χ0v) is 7.56. The molecule has 0 saturated carbocycles. The maximum absolute atomic E-state index is 4.11. The summed E-state index contributed by atoms with van der Waals surface area (Å²) in [7, 11) is 0. The van der Waals surface area contributed by atoms with Gasteiger partial charge in [-0.25, -0.2) is 0 Å². The molecular weight excluding hydrogens is 152 g/mol. The highest BCUT2D eigenvalue weighted by Gasteiger charge is 2.23. The molecule has 1 aromatic heterocycles. The number of likely N-dealkylation sites (N-methyl/N-ethyl adjacent to an activating group) is 1. The average Bonchev–Trinajstić information content (AvgIpc) is 2.53. The molecule has 12 heavy (non-hydrogen) atoms. The summed E-state index contributed by atoms with van der Waals surface area (Å²) in [6.07, 6.45) is 1.82. The van der Waals surface area contributed by atoms with Crippen molar-refractivity contribution in [2.45, 2.75) is 26.4 Å². The van der Waals surface area contributed by atoms with Crippen molar-refractivity contribution in [2.24, 2.45) is 0 Å².